The fraction of sp³-hybridized carbons (Fsp3) is 0.286. The van der Waals surface area contributed by atoms with Crippen molar-refractivity contribution in [2.45, 2.75) is 13.3 Å². The number of carbonyl (C=O) groups excluding carboxylic acids is 1. The monoisotopic (exact) mass is 258 g/mol. The van der Waals surface area contributed by atoms with Gasteiger partial charge < -0.3 is 16.4 Å². The highest BCUT2D eigenvalue weighted by Gasteiger charge is 2.04. The second kappa shape index (κ2) is 6.04. The maximum Gasteiger partial charge on any atom is 0.221 e. The quantitative estimate of drug-likeness (QED) is 0.714. The Morgan fingerprint density at radius 1 is 1.37 bits per heavy atom. The van der Waals surface area contributed by atoms with Crippen molar-refractivity contribution >= 4 is 28.2 Å². The Morgan fingerprint density at radius 3 is 3.00 bits per heavy atom. The van der Waals surface area contributed by atoms with Crippen molar-refractivity contribution in [1.29, 1.82) is 0 Å². The summed E-state index contributed by atoms with van der Waals surface area (Å²) in [4.78, 5) is 15.6. The standard InChI is InChI=1S/C14H18N4O/c1-2-16-13(19)7-9-17-12-6-8-18-14-10(12)4-3-5-11(14)15/h3-6,8H,2,7,9,15H2,1H3,(H,16,19)(H,17,18). The zero-order chi connectivity index (χ0) is 13.7. The summed E-state index contributed by atoms with van der Waals surface area (Å²) in [5.41, 5.74) is 8.27. The Hall–Kier alpha value is -2.30. The van der Waals surface area contributed by atoms with E-state index in [1.807, 2.05) is 31.2 Å². The first-order valence-corrected chi connectivity index (χ1v) is 6.36. The molecular formula is C14H18N4O. The second-order valence-corrected chi connectivity index (χ2v) is 4.23. The molecule has 1 aromatic carbocycles. The van der Waals surface area contributed by atoms with E-state index in [0.717, 1.165) is 16.6 Å². The molecule has 0 atom stereocenters. The Labute approximate surface area is 112 Å². The lowest BCUT2D eigenvalue weighted by molar-refractivity contribution is -0.120. The number of benzene rings is 1. The third kappa shape index (κ3) is 3.13. The summed E-state index contributed by atoms with van der Waals surface area (Å²) in [5, 5.41) is 6.99. The van der Waals surface area contributed by atoms with E-state index in [0.29, 0.717) is 25.2 Å². The van der Waals surface area contributed by atoms with Gasteiger partial charge in [0.05, 0.1) is 11.2 Å². The zero-order valence-electron chi connectivity index (χ0n) is 10.9. The highest BCUT2D eigenvalue weighted by molar-refractivity contribution is 5.97. The fourth-order valence-corrected chi connectivity index (χ4v) is 1.95. The number of rotatable bonds is 5. The molecule has 1 amide bonds. The van der Waals surface area contributed by atoms with Crippen LogP contribution in [0, 0.1) is 0 Å². The topological polar surface area (TPSA) is 80.0 Å². The lowest BCUT2D eigenvalue weighted by atomic mass is 10.1. The predicted molar refractivity (Wildman–Crippen MR) is 77.9 cm³/mol. The number of nitrogens with one attached hydrogen (secondary N) is 2. The summed E-state index contributed by atoms with van der Waals surface area (Å²) >= 11 is 0. The number of aromatic nitrogens is 1. The van der Waals surface area contributed by atoms with Gasteiger partial charge in [0.25, 0.3) is 0 Å². The first kappa shape index (κ1) is 13.1. The van der Waals surface area contributed by atoms with Gasteiger partial charge in [-0.1, -0.05) is 12.1 Å². The van der Waals surface area contributed by atoms with Crippen LogP contribution in [0.1, 0.15) is 13.3 Å². The Bertz CT molecular complexity index is 583. The minimum atomic E-state index is 0.0490. The van der Waals surface area contributed by atoms with Crippen LogP contribution in [0.15, 0.2) is 30.5 Å². The molecule has 0 aliphatic carbocycles. The molecular weight excluding hydrogens is 240 g/mol. The van der Waals surface area contributed by atoms with Gasteiger partial charge in [0.1, 0.15) is 0 Å². The van der Waals surface area contributed by atoms with Crippen molar-refractivity contribution in [3.8, 4) is 0 Å². The van der Waals surface area contributed by atoms with Gasteiger partial charge in [-0.15, -0.1) is 0 Å². The van der Waals surface area contributed by atoms with Crippen LogP contribution in [0.4, 0.5) is 11.4 Å². The molecule has 0 aliphatic heterocycles. The molecule has 5 nitrogen and oxygen atoms in total. The molecule has 5 heteroatoms. The molecule has 100 valence electrons. The molecule has 0 fully saturated rings. The number of nitrogen functional groups attached to an aromatic ring is 1. The van der Waals surface area contributed by atoms with Crippen LogP contribution in [-0.4, -0.2) is 24.0 Å². The SMILES string of the molecule is CCNC(=O)CCNc1ccnc2c(N)cccc12. The van der Waals surface area contributed by atoms with E-state index in [2.05, 4.69) is 15.6 Å². The molecule has 19 heavy (non-hydrogen) atoms. The van der Waals surface area contributed by atoms with E-state index in [4.69, 9.17) is 5.73 Å². The number of pyridine rings is 1. The van der Waals surface area contributed by atoms with Crippen LogP contribution in [0.5, 0.6) is 0 Å². The van der Waals surface area contributed by atoms with Crippen molar-refractivity contribution in [3.63, 3.8) is 0 Å². The lowest BCUT2D eigenvalue weighted by Crippen LogP contribution is -2.24. The third-order valence-electron chi connectivity index (χ3n) is 2.84. The predicted octanol–water partition coefficient (Wildman–Crippen LogP) is 1.76. The molecule has 0 spiro atoms. The van der Waals surface area contributed by atoms with Gasteiger partial charge in [0, 0.05) is 36.8 Å². The highest BCUT2D eigenvalue weighted by Crippen LogP contribution is 2.25. The van der Waals surface area contributed by atoms with Crippen molar-refractivity contribution in [2.24, 2.45) is 0 Å². The van der Waals surface area contributed by atoms with Crippen LogP contribution < -0.4 is 16.4 Å². The number of hydrogen-bond acceptors (Lipinski definition) is 4. The van der Waals surface area contributed by atoms with Crippen LogP contribution >= 0.6 is 0 Å². The molecule has 1 heterocycles. The van der Waals surface area contributed by atoms with E-state index in [-0.39, 0.29) is 5.91 Å². The molecule has 0 aliphatic rings. The Morgan fingerprint density at radius 2 is 2.21 bits per heavy atom. The number of amides is 1. The third-order valence-corrected chi connectivity index (χ3v) is 2.84. The number of carbonyl (C=O) groups is 1. The van der Waals surface area contributed by atoms with Crippen molar-refractivity contribution in [3.05, 3.63) is 30.5 Å². The average molecular weight is 258 g/mol. The largest absolute Gasteiger partial charge is 0.397 e. The number of nitrogens with two attached hydrogens (primary N) is 1. The summed E-state index contributed by atoms with van der Waals surface area (Å²) in [7, 11) is 0. The maximum atomic E-state index is 11.4. The van der Waals surface area contributed by atoms with E-state index in [9.17, 15) is 4.79 Å². The molecule has 0 radical (unpaired) electrons. The zero-order valence-corrected chi connectivity index (χ0v) is 10.9. The molecule has 2 aromatic rings. The molecule has 0 saturated carbocycles. The van der Waals surface area contributed by atoms with Gasteiger partial charge in [0.2, 0.25) is 5.91 Å². The van der Waals surface area contributed by atoms with E-state index in [1.54, 1.807) is 6.20 Å². The normalized spacial score (nSPS) is 10.4. The average Bonchev–Trinajstić information content (AvgIpc) is 2.40. The summed E-state index contributed by atoms with van der Waals surface area (Å²) < 4.78 is 0. The molecule has 0 saturated heterocycles. The van der Waals surface area contributed by atoms with Gasteiger partial charge in [-0.2, -0.15) is 0 Å². The fourth-order valence-electron chi connectivity index (χ4n) is 1.95. The smallest absolute Gasteiger partial charge is 0.221 e. The van der Waals surface area contributed by atoms with Crippen LogP contribution in [0.25, 0.3) is 10.9 Å². The minimum absolute atomic E-state index is 0.0490. The van der Waals surface area contributed by atoms with Gasteiger partial charge in [-0.05, 0) is 19.1 Å². The molecule has 0 bridgehead atoms. The first-order chi connectivity index (χ1) is 9.22. The molecule has 2 rings (SSSR count). The van der Waals surface area contributed by atoms with Crippen LogP contribution in [-0.2, 0) is 4.79 Å². The molecule has 4 N–H and O–H groups in total. The summed E-state index contributed by atoms with van der Waals surface area (Å²) in [6, 6.07) is 7.58. The second-order valence-electron chi connectivity index (χ2n) is 4.23. The van der Waals surface area contributed by atoms with Gasteiger partial charge in [-0.25, -0.2) is 0 Å². The number of nitrogens with zero attached hydrogens (tertiary/aromatic N) is 1. The minimum Gasteiger partial charge on any atom is -0.397 e. The summed E-state index contributed by atoms with van der Waals surface area (Å²) in [6.07, 6.45) is 2.16. The van der Waals surface area contributed by atoms with Crippen LogP contribution in [0.2, 0.25) is 0 Å². The first-order valence-electron chi connectivity index (χ1n) is 6.36. The Balaban J connectivity index is 2.09. The lowest BCUT2D eigenvalue weighted by Gasteiger charge is -2.10. The van der Waals surface area contributed by atoms with Crippen molar-refractivity contribution in [2.75, 3.05) is 24.1 Å². The molecule has 0 unspecified atom stereocenters. The maximum absolute atomic E-state index is 11.4. The highest BCUT2D eigenvalue weighted by atomic mass is 16.1. The van der Waals surface area contributed by atoms with Crippen molar-refractivity contribution in [1.82, 2.24) is 10.3 Å². The number of hydrogen-bond donors (Lipinski definition) is 3. The van der Waals surface area contributed by atoms with E-state index >= 15 is 0 Å². The Kier molecular flexibility index (Phi) is 4.18. The van der Waals surface area contributed by atoms with Gasteiger partial charge in [0.15, 0.2) is 0 Å². The van der Waals surface area contributed by atoms with Crippen molar-refractivity contribution < 1.29 is 4.79 Å². The van der Waals surface area contributed by atoms with Gasteiger partial charge in [-0.3, -0.25) is 9.78 Å². The number of fused-ring (bicyclic) bond motifs is 1. The summed E-state index contributed by atoms with van der Waals surface area (Å²) in [5.74, 6) is 0.0490. The molecule has 1 aromatic heterocycles. The van der Waals surface area contributed by atoms with Gasteiger partial charge >= 0.3 is 0 Å². The van der Waals surface area contributed by atoms with E-state index < -0.39 is 0 Å². The summed E-state index contributed by atoms with van der Waals surface area (Å²) in [6.45, 7) is 3.15. The number of para-hydroxylation sites is 1. The van der Waals surface area contributed by atoms with E-state index in [1.165, 1.54) is 0 Å². The van der Waals surface area contributed by atoms with Crippen LogP contribution in [0.3, 0.4) is 0 Å². The number of anilines is 2.